The van der Waals surface area contributed by atoms with Crippen LogP contribution in [0.25, 0.3) is 0 Å². The third kappa shape index (κ3) is 3.48. The molecule has 0 aliphatic heterocycles. The summed E-state index contributed by atoms with van der Waals surface area (Å²) in [4.78, 5) is 0. The zero-order chi connectivity index (χ0) is 13.9. The summed E-state index contributed by atoms with van der Waals surface area (Å²) in [7, 11) is 1.86. The molecule has 0 fully saturated rings. The monoisotopic (exact) mass is 323 g/mol. The maximum atomic E-state index is 12.6. The second-order valence-electron chi connectivity index (χ2n) is 4.33. The Balaban J connectivity index is 3.06. The maximum Gasteiger partial charge on any atom is 0.416 e. The molecule has 0 saturated carbocycles. The largest absolute Gasteiger partial charge is 0.416 e. The highest BCUT2D eigenvalue weighted by Gasteiger charge is 2.31. The number of hydrogen-bond acceptors (Lipinski definition) is 1. The lowest BCUT2D eigenvalue weighted by molar-refractivity contribution is -0.137. The first-order valence-corrected chi connectivity index (χ1v) is 6.64. The van der Waals surface area contributed by atoms with Crippen LogP contribution in [-0.2, 0) is 6.18 Å². The molecular formula is C13H17BrF3N. The van der Waals surface area contributed by atoms with E-state index < -0.39 is 11.7 Å². The van der Waals surface area contributed by atoms with Gasteiger partial charge in [0.2, 0.25) is 0 Å². The number of nitrogens with one attached hydrogen (secondary N) is 1. The van der Waals surface area contributed by atoms with Crippen molar-refractivity contribution in [1.29, 1.82) is 0 Å². The van der Waals surface area contributed by atoms with Gasteiger partial charge in [-0.3, -0.25) is 0 Å². The van der Waals surface area contributed by atoms with E-state index in [2.05, 4.69) is 28.2 Å². The van der Waals surface area contributed by atoms with Crippen molar-refractivity contribution < 1.29 is 13.2 Å². The Hall–Kier alpha value is -0.550. The van der Waals surface area contributed by atoms with Crippen molar-refractivity contribution in [3.63, 3.8) is 0 Å². The van der Waals surface area contributed by atoms with Gasteiger partial charge < -0.3 is 5.32 Å². The highest BCUT2D eigenvalue weighted by atomic mass is 79.9. The molecule has 0 saturated heterocycles. The van der Waals surface area contributed by atoms with Crippen molar-refractivity contribution in [3.05, 3.63) is 33.8 Å². The van der Waals surface area contributed by atoms with Gasteiger partial charge in [-0.1, -0.05) is 35.8 Å². The van der Waals surface area contributed by atoms with E-state index in [1.54, 1.807) is 6.07 Å². The molecule has 0 amide bonds. The Bertz CT molecular complexity index is 400. The van der Waals surface area contributed by atoms with E-state index >= 15 is 0 Å². The number of halogens is 4. The number of rotatable bonds is 4. The fraction of sp³-hybridized carbons (Fsp3) is 0.538. The van der Waals surface area contributed by atoms with Crippen LogP contribution in [0.5, 0.6) is 0 Å². The minimum atomic E-state index is -4.29. The number of likely N-dealkylation sites (N-methyl/N-ethyl adjacent to an activating group) is 1. The molecule has 0 aliphatic rings. The van der Waals surface area contributed by atoms with E-state index in [1.165, 1.54) is 0 Å². The van der Waals surface area contributed by atoms with Crippen LogP contribution in [0.2, 0.25) is 0 Å². The summed E-state index contributed by atoms with van der Waals surface area (Å²) in [6.07, 6.45) is -3.37. The predicted octanol–water partition coefficient (Wildman–Crippen LogP) is 4.57. The third-order valence-electron chi connectivity index (χ3n) is 3.23. The first kappa shape index (κ1) is 15.5. The van der Waals surface area contributed by atoms with E-state index in [0.717, 1.165) is 24.1 Å². The molecular weight excluding hydrogens is 307 g/mol. The Morgan fingerprint density at radius 1 is 1.33 bits per heavy atom. The molecule has 0 spiro atoms. The van der Waals surface area contributed by atoms with Gasteiger partial charge in [0, 0.05) is 10.5 Å². The standard InChI is InChI=1S/C13H17BrF3N/c1-4-12(18-3)8(2)10-6-5-9(7-11(10)14)13(15,16)17/h5-8,12,18H,4H2,1-3H3. The summed E-state index contributed by atoms with van der Waals surface area (Å²) < 4.78 is 38.2. The number of alkyl halides is 3. The van der Waals surface area contributed by atoms with Crippen LogP contribution in [0.1, 0.15) is 37.3 Å². The summed E-state index contributed by atoms with van der Waals surface area (Å²) in [5.74, 6) is 0.150. The zero-order valence-electron chi connectivity index (χ0n) is 10.6. The summed E-state index contributed by atoms with van der Waals surface area (Å²) in [5.41, 5.74) is 0.270. The van der Waals surface area contributed by atoms with Gasteiger partial charge >= 0.3 is 6.18 Å². The summed E-state index contributed by atoms with van der Waals surface area (Å²) in [5, 5.41) is 3.18. The molecule has 102 valence electrons. The first-order chi connectivity index (χ1) is 8.31. The van der Waals surface area contributed by atoms with Gasteiger partial charge in [0.05, 0.1) is 5.56 Å². The van der Waals surface area contributed by atoms with E-state index in [-0.39, 0.29) is 12.0 Å². The molecule has 18 heavy (non-hydrogen) atoms. The van der Waals surface area contributed by atoms with Crippen molar-refractivity contribution >= 4 is 15.9 Å². The lowest BCUT2D eigenvalue weighted by Crippen LogP contribution is -2.30. The topological polar surface area (TPSA) is 12.0 Å². The molecule has 0 aliphatic carbocycles. The van der Waals surface area contributed by atoms with Gasteiger partial charge in [0.25, 0.3) is 0 Å². The second-order valence-corrected chi connectivity index (χ2v) is 5.18. The Morgan fingerprint density at radius 2 is 1.94 bits per heavy atom. The van der Waals surface area contributed by atoms with Crippen LogP contribution >= 0.6 is 15.9 Å². The smallest absolute Gasteiger partial charge is 0.316 e. The molecule has 0 radical (unpaired) electrons. The van der Waals surface area contributed by atoms with Crippen LogP contribution in [0.4, 0.5) is 13.2 Å². The van der Waals surface area contributed by atoms with E-state index in [0.29, 0.717) is 4.47 Å². The van der Waals surface area contributed by atoms with Gasteiger partial charge in [0.15, 0.2) is 0 Å². The highest BCUT2D eigenvalue weighted by molar-refractivity contribution is 9.10. The maximum absolute atomic E-state index is 12.6. The molecule has 0 aromatic heterocycles. The number of hydrogen-bond donors (Lipinski definition) is 1. The van der Waals surface area contributed by atoms with Crippen molar-refractivity contribution in [1.82, 2.24) is 5.32 Å². The minimum absolute atomic E-state index is 0.150. The average Bonchev–Trinajstić information content (AvgIpc) is 2.29. The average molecular weight is 324 g/mol. The third-order valence-corrected chi connectivity index (χ3v) is 3.92. The Kier molecular flexibility index (Phi) is 5.22. The summed E-state index contributed by atoms with van der Waals surface area (Å²) in [6, 6.07) is 4.09. The SMILES string of the molecule is CCC(NC)C(C)c1ccc(C(F)(F)F)cc1Br. The van der Waals surface area contributed by atoms with Crippen LogP contribution in [0, 0.1) is 0 Å². The Labute approximate surface area is 114 Å². The summed E-state index contributed by atoms with van der Waals surface area (Å²) >= 11 is 3.24. The molecule has 1 N–H and O–H groups in total. The molecule has 2 unspecified atom stereocenters. The quantitative estimate of drug-likeness (QED) is 0.855. The molecule has 2 atom stereocenters. The van der Waals surface area contributed by atoms with E-state index in [4.69, 9.17) is 0 Å². The molecule has 1 rings (SSSR count). The fourth-order valence-corrected chi connectivity index (χ4v) is 2.84. The van der Waals surface area contributed by atoms with Gasteiger partial charge in [-0.15, -0.1) is 0 Å². The Morgan fingerprint density at radius 3 is 2.33 bits per heavy atom. The predicted molar refractivity (Wildman–Crippen MR) is 70.7 cm³/mol. The molecule has 1 aromatic rings. The van der Waals surface area contributed by atoms with Crippen LogP contribution in [0.3, 0.4) is 0 Å². The van der Waals surface area contributed by atoms with E-state index in [1.807, 2.05) is 14.0 Å². The second kappa shape index (κ2) is 6.06. The molecule has 5 heteroatoms. The highest BCUT2D eigenvalue weighted by Crippen LogP contribution is 2.35. The molecule has 1 nitrogen and oxygen atoms in total. The lowest BCUT2D eigenvalue weighted by Gasteiger charge is -2.24. The van der Waals surface area contributed by atoms with Gasteiger partial charge in [-0.05, 0) is 37.1 Å². The van der Waals surface area contributed by atoms with Crippen molar-refractivity contribution in [2.75, 3.05) is 7.05 Å². The van der Waals surface area contributed by atoms with Crippen molar-refractivity contribution in [3.8, 4) is 0 Å². The summed E-state index contributed by atoms with van der Waals surface area (Å²) in [6.45, 7) is 4.06. The lowest BCUT2D eigenvalue weighted by atomic mass is 9.91. The normalized spacial score (nSPS) is 15.5. The van der Waals surface area contributed by atoms with Crippen LogP contribution in [-0.4, -0.2) is 13.1 Å². The van der Waals surface area contributed by atoms with Gasteiger partial charge in [0.1, 0.15) is 0 Å². The fourth-order valence-electron chi connectivity index (χ4n) is 2.10. The molecule has 1 aromatic carbocycles. The zero-order valence-corrected chi connectivity index (χ0v) is 12.2. The van der Waals surface area contributed by atoms with Crippen molar-refractivity contribution in [2.45, 2.75) is 38.4 Å². The number of benzene rings is 1. The van der Waals surface area contributed by atoms with Crippen LogP contribution < -0.4 is 5.32 Å². The van der Waals surface area contributed by atoms with Crippen molar-refractivity contribution in [2.24, 2.45) is 0 Å². The van der Waals surface area contributed by atoms with Gasteiger partial charge in [-0.2, -0.15) is 13.2 Å². The molecule has 0 heterocycles. The molecule has 0 bridgehead atoms. The van der Waals surface area contributed by atoms with Gasteiger partial charge in [-0.25, -0.2) is 0 Å². The first-order valence-electron chi connectivity index (χ1n) is 5.85. The van der Waals surface area contributed by atoms with E-state index in [9.17, 15) is 13.2 Å². The van der Waals surface area contributed by atoms with Crippen LogP contribution in [0.15, 0.2) is 22.7 Å². The minimum Gasteiger partial charge on any atom is -0.316 e.